The molecule has 246 valence electrons. The molecule has 3 rings (SSSR count). The normalized spacial score (nSPS) is 25.0. The minimum atomic E-state index is -3.34. The molecular weight excluding hydrogens is 574 g/mol. The monoisotopic (exact) mass is 627 g/mol. The highest BCUT2D eigenvalue weighted by Crippen LogP contribution is 2.47. The van der Waals surface area contributed by atoms with Crippen LogP contribution in [-0.2, 0) is 24.4 Å². The Hall–Kier alpha value is -2.41. The Bertz CT molecular complexity index is 1100. The molecule has 0 radical (unpaired) electrons. The third-order valence-electron chi connectivity index (χ3n) is 9.14. The summed E-state index contributed by atoms with van der Waals surface area (Å²) in [6.45, 7) is 9.25. The molecule has 0 aromatic rings. The molecule has 4 N–H and O–H groups in total. The maximum Gasteiger partial charge on any atom is 0.329 e. The number of sulfonamides is 1. The summed E-state index contributed by atoms with van der Waals surface area (Å²) in [6.07, 6.45) is 9.45. The van der Waals surface area contributed by atoms with Crippen LogP contribution in [0.1, 0.15) is 105 Å². The molecule has 12 nitrogen and oxygen atoms in total. The fourth-order valence-electron chi connectivity index (χ4n) is 6.29. The van der Waals surface area contributed by atoms with Crippen LogP contribution in [-0.4, -0.2) is 96.1 Å². The topological polar surface area (TPSA) is 165 Å². The van der Waals surface area contributed by atoms with E-state index in [9.17, 15) is 32.7 Å². The van der Waals surface area contributed by atoms with Crippen LogP contribution in [0.15, 0.2) is 0 Å². The SMILES string of the molecule is CC(=O)N[C@]1(C(=O)O)CC1CCCCCCC[C@H](NC(=O)NC(CN1CCCCS1(=O)=O)C(C)(C)C)C(=O)N1CCCC1. The van der Waals surface area contributed by atoms with Crippen LogP contribution in [0.2, 0.25) is 0 Å². The van der Waals surface area contributed by atoms with Crippen molar-refractivity contribution < 1.29 is 32.7 Å². The summed E-state index contributed by atoms with van der Waals surface area (Å²) in [6, 6.07) is -1.55. The maximum absolute atomic E-state index is 13.3. The number of carbonyl (C=O) groups is 4. The van der Waals surface area contributed by atoms with Crippen molar-refractivity contribution in [2.45, 2.75) is 122 Å². The highest BCUT2D eigenvalue weighted by Gasteiger charge is 2.60. The molecule has 3 fully saturated rings. The second kappa shape index (κ2) is 15.0. The van der Waals surface area contributed by atoms with Gasteiger partial charge in [-0.3, -0.25) is 9.59 Å². The molecule has 1 aliphatic carbocycles. The highest BCUT2D eigenvalue weighted by molar-refractivity contribution is 7.89. The fourth-order valence-corrected chi connectivity index (χ4v) is 7.90. The van der Waals surface area contributed by atoms with Crippen LogP contribution in [0, 0.1) is 11.3 Å². The first-order chi connectivity index (χ1) is 20.2. The van der Waals surface area contributed by atoms with E-state index in [1.54, 1.807) is 0 Å². The number of nitrogens with one attached hydrogen (secondary N) is 3. The van der Waals surface area contributed by atoms with E-state index in [0.717, 1.165) is 57.8 Å². The van der Waals surface area contributed by atoms with Crippen LogP contribution in [0.4, 0.5) is 4.79 Å². The van der Waals surface area contributed by atoms with Gasteiger partial charge < -0.3 is 26.0 Å². The van der Waals surface area contributed by atoms with E-state index in [1.807, 2.05) is 25.7 Å². The van der Waals surface area contributed by atoms with Crippen molar-refractivity contribution in [1.82, 2.24) is 25.2 Å². The molecule has 43 heavy (non-hydrogen) atoms. The zero-order chi connectivity index (χ0) is 31.8. The van der Waals surface area contributed by atoms with E-state index >= 15 is 0 Å². The van der Waals surface area contributed by atoms with Gasteiger partial charge in [0.2, 0.25) is 21.8 Å². The van der Waals surface area contributed by atoms with Gasteiger partial charge in [0.25, 0.3) is 0 Å². The number of rotatable bonds is 15. The van der Waals surface area contributed by atoms with Gasteiger partial charge in [0.1, 0.15) is 11.6 Å². The molecule has 0 bridgehead atoms. The van der Waals surface area contributed by atoms with Gasteiger partial charge in [-0.25, -0.2) is 18.0 Å². The van der Waals surface area contributed by atoms with E-state index < -0.39 is 45.1 Å². The number of nitrogens with zero attached hydrogens (tertiary/aromatic N) is 2. The smallest absolute Gasteiger partial charge is 0.329 e. The van der Waals surface area contributed by atoms with Crippen LogP contribution in [0.25, 0.3) is 0 Å². The molecule has 2 heterocycles. The van der Waals surface area contributed by atoms with Gasteiger partial charge in [-0.05, 0) is 56.3 Å². The Morgan fingerprint density at radius 2 is 1.56 bits per heavy atom. The standard InChI is InChI=1S/C30H53N5O7S/c1-22(36)33-30(27(38)39)20-23(30)14-8-6-5-7-9-15-24(26(37)34-16-10-11-17-34)31-28(40)32-25(29(2,3)4)21-35-18-12-13-19-43(35,41)42/h23-25H,5-21H2,1-4H3,(H,33,36)(H,38,39)(H2,31,32,40)/t23?,24-,25?,30+/m0/s1. The molecule has 2 unspecified atom stereocenters. The number of carboxylic acids is 1. The molecule has 13 heteroatoms. The average molecular weight is 628 g/mol. The lowest BCUT2D eigenvalue weighted by atomic mass is 9.86. The van der Waals surface area contributed by atoms with Crippen molar-refractivity contribution in [1.29, 1.82) is 0 Å². The molecule has 0 aromatic heterocycles. The Morgan fingerprint density at radius 3 is 2.16 bits per heavy atom. The number of urea groups is 1. The van der Waals surface area contributed by atoms with Crippen molar-refractivity contribution >= 4 is 33.8 Å². The Labute approximate surface area is 257 Å². The van der Waals surface area contributed by atoms with Gasteiger partial charge in [-0.15, -0.1) is 0 Å². The number of amides is 4. The summed E-state index contributed by atoms with van der Waals surface area (Å²) >= 11 is 0. The third-order valence-corrected chi connectivity index (χ3v) is 11.1. The minimum Gasteiger partial charge on any atom is -0.479 e. The van der Waals surface area contributed by atoms with Gasteiger partial charge in [0.05, 0.1) is 5.75 Å². The van der Waals surface area contributed by atoms with Crippen LogP contribution in [0.3, 0.4) is 0 Å². The van der Waals surface area contributed by atoms with E-state index in [-0.39, 0.29) is 30.0 Å². The summed E-state index contributed by atoms with van der Waals surface area (Å²) in [5, 5.41) is 18.0. The second-order valence-corrected chi connectivity index (χ2v) is 15.8. The lowest BCUT2D eigenvalue weighted by Gasteiger charge is -2.37. The van der Waals surface area contributed by atoms with Crippen LogP contribution in [0.5, 0.6) is 0 Å². The molecule has 4 amide bonds. The van der Waals surface area contributed by atoms with E-state index in [2.05, 4.69) is 16.0 Å². The van der Waals surface area contributed by atoms with Gasteiger partial charge in [0.15, 0.2) is 0 Å². The molecule has 0 aromatic carbocycles. The number of hydrogen-bond donors (Lipinski definition) is 4. The molecule has 4 atom stereocenters. The number of aliphatic carboxylic acids is 1. The first kappa shape index (κ1) is 35.1. The number of hydrogen-bond acceptors (Lipinski definition) is 6. The maximum atomic E-state index is 13.3. The number of likely N-dealkylation sites (tertiary alicyclic amines) is 1. The Morgan fingerprint density at radius 1 is 0.930 bits per heavy atom. The van der Waals surface area contributed by atoms with E-state index in [0.29, 0.717) is 38.9 Å². The summed E-state index contributed by atoms with van der Waals surface area (Å²) in [7, 11) is -3.34. The lowest BCUT2D eigenvalue weighted by Crippen LogP contribution is -2.58. The number of carboxylic acid groups (broad SMARTS) is 1. The predicted molar refractivity (Wildman–Crippen MR) is 164 cm³/mol. The zero-order valence-electron chi connectivity index (χ0n) is 26.5. The van der Waals surface area contributed by atoms with Crippen molar-refractivity contribution in [2.75, 3.05) is 31.9 Å². The fraction of sp³-hybridized carbons (Fsp3) is 0.867. The Kier molecular flexibility index (Phi) is 12.3. The van der Waals surface area contributed by atoms with Crippen LogP contribution < -0.4 is 16.0 Å². The molecular formula is C30H53N5O7S. The zero-order valence-corrected chi connectivity index (χ0v) is 27.3. The van der Waals surface area contributed by atoms with Gasteiger partial charge in [-0.2, -0.15) is 4.31 Å². The first-order valence-electron chi connectivity index (χ1n) is 16.0. The van der Waals surface area contributed by atoms with Crippen molar-refractivity contribution in [2.24, 2.45) is 11.3 Å². The quantitative estimate of drug-likeness (QED) is 0.203. The summed E-state index contributed by atoms with van der Waals surface area (Å²) in [5.74, 6) is -1.28. The Balaban J connectivity index is 1.48. The first-order valence-corrected chi connectivity index (χ1v) is 17.6. The van der Waals surface area contributed by atoms with Crippen LogP contribution >= 0.6 is 0 Å². The summed E-state index contributed by atoms with van der Waals surface area (Å²) in [5.41, 5.74) is -1.50. The average Bonchev–Trinajstić information content (AvgIpc) is 3.32. The molecule has 3 aliphatic rings. The molecule has 2 aliphatic heterocycles. The molecule has 1 saturated carbocycles. The van der Waals surface area contributed by atoms with Crippen molar-refractivity contribution in [3.05, 3.63) is 0 Å². The minimum absolute atomic E-state index is 0.0361. The van der Waals surface area contributed by atoms with Gasteiger partial charge in [-0.1, -0.05) is 52.9 Å². The second-order valence-electron chi connectivity index (χ2n) is 13.7. The molecule has 0 spiro atoms. The predicted octanol–water partition coefficient (Wildman–Crippen LogP) is 2.83. The van der Waals surface area contributed by atoms with E-state index in [1.165, 1.54) is 11.2 Å². The van der Waals surface area contributed by atoms with Crippen molar-refractivity contribution in [3.8, 4) is 0 Å². The summed E-state index contributed by atoms with van der Waals surface area (Å²) in [4.78, 5) is 51.4. The molecule has 2 saturated heterocycles. The largest absolute Gasteiger partial charge is 0.479 e. The number of carbonyl (C=O) groups excluding carboxylic acids is 3. The van der Waals surface area contributed by atoms with Gasteiger partial charge >= 0.3 is 12.0 Å². The van der Waals surface area contributed by atoms with E-state index in [4.69, 9.17) is 0 Å². The van der Waals surface area contributed by atoms with Gasteiger partial charge in [0, 0.05) is 39.1 Å². The lowest BCUT2D eigenvalue weighted by molar-refractivity contribution is -0.143. The van der Waals surface area contributed by atoms with Crippen molar-refractivity contribution in [3.63, 3.8) is 0 Å². The third kappa shape index (κ3) is 10.1. The number of unbranched alkanes of at least 4 members (excludes halogenated alkanes) is 4. The summed E-state index contributed by atoms with van der Waals surface area (Å²) < 4.78 is 26.7. The highest BCUT2D eigenvalue weighted by atomic mass is 32.2.